The van der Waals surface area contributed by atoms with Crippen LogP contribution < -0.4 is 9.64 Å². The van der Waals surface area contributed by atoms with E-state index in [9.17, 15) is 4.79 Å². The van der Waals surface area contributed by atoms with Gasteiger partial charge in [0.15, 0.2) is 0 Å². The Balaban J connectivity index is 1.32. The highest BCUT2D eigenvalue weighted by atomic mass is 32.2. The second kappa shape index (κ2) is 10.8. The lowest BCUT2D eigenvalue weighted by molar-refractivity contribution is -0.115. The summed E-state index contributed by atoms with van der Waals surface area (Å²) in [6.45, 7) is 5.69. The third-order valence-electron chi connectivity index (χ3n) is 5.57. The van der Waals surface area contributed by atoms with E-state index in [0.717, 1.165) is 62.7 Å². The second-order valence-electron chi connectivity index (χ2n) is 7.66. The van der Waals surface area contributed by atoms with E-state index >= 15 is 0 Å². The molecule has 0 N–H and O–H groups in total. The maximum absolute atomic E-state index is 12.6. The third-order valence-corrected chi connectivity index (χ3v) is 6.76. The molecular formula is C24H30N2O3S. The molecule has 2 heterocycles. The lowest BCUT2D eigenvalue weighted by atomic mass is 10.1. The van der Waals surface area contributed by atoms with Gasteiger partial charge in [-0.1, -0.05) is 36.4 Å². The van der Waals surface area contributed by atoms with Crippen molar-refractivity contribution < 1.29 is 14.3 Å². The van der Waals surface area contributed by atoms with Crippen molar-refractivity contribution in [1.82, 2.24) is 4.90 Å². The van der Waals surface area contributed by atoms with Crippen molar-refractivity contribution in [3.05, 3.63) is 60.2 Å². The van der Waals surface area contributed by atoms with Crippen LogP contribution in [0, 0.1) is 0 Å². The normalized spacial score (nSPS) is 19.9. The van der Waals surface area contributed by atoms with Crippen LogP contribution in [0.1, 0.15) is 30.2 Å². The number of unbranched alkanes of at least 4 members (excludes halogenated alkanes) is 2. The van der Waals surface area contributed by atoms with E-state index in [-0.39, 0.29) is 11.3 Å². The molecule has 2 aromatic carbocycles. The van der Waals surface area contributed by atoms with Crippen molar-refractivity contribution in [2.75, 3.05) is 50.1 Å². The summed E-state index contributed by atoms with van der Waals surface area (Å²) in [5, 5.41) is -0.0441. The van der Waals surface area contributed by atoms with Crippen molar-refractivity contribution >= 4 is 23.4 Å². The zero-order chi connectivity index (χ0) is 20.6. The van der Waals surface area contributed by atoms with Gasteiger partial charge in [-0.3, -0.25) is 14.6 Å². The number of ether oxygens (including phenoxy) is 2. The van der Waals surface area contributed by atoms with Crippen LogP contribution in [0.25, 0.3) is 0 Å². The van der Waals surface area contributed by atoms with E-state index in [1.807, 2.05) is 53.4 Å². The Morgan fingerprint density at radius 3 is 2.57 bits per heavy atom. The summed E-state index contributed by atoms with van der Waals surface area (Å²) in [6.07, 6.45) is 3.39. The average Bonchev–Trinajstić information content (AvgIpc) is 3.19. The van der Waals surface area contributed by atoms with E-state index < -0.39 is 0 Å². The molecule has 4 rings (SSSR count). The molecule has 2 aromatic rings. The zero-order valence-electron chi connectivity index (χ0n) is 17.4. The largest absolute Gasteiger partial charge is 0.493 e. The van der Waals surface area contributed by atoms with Gasteiger partial charge in [-0.2, -0.15) is 0 Å². The van der Waals surface area contributed by atoms with Gasteiger partial charge in [-0.25, -0.2) is 0 Å². The first-order valence-electron chi connectivity index (χ1n) is 10.8. The Labute approximate surface area is 183 Å². The van der Waals surface area contributed by atoms with E-state index in [2.05, 4.69) is 11.0 Å². The van der Waals surface area contributed by atoms with Gasteiger partial charge in [0, 0.05) is 24.3 Å². The molecule has 5 nitrogen and oxygen atoms in total. The summed E-state index contributed by atoms with van der Waals surface area (Å²) < 4.78 is 11.6. The summed E-state index contributed by atoms with van der Waals surface area (Å²) in [7, 11) is 0. The lowest BCUT2D eigenvalue weighted by Gasteiger charge is -2.26. The van der Waals surface area contributed by atoms with Crippen LogP contribution in [0.4, 0.5) is 5.69 Å². The highest BCUT2D eigenvalue weighted by Crippen LogP contribution is 2.44. The molecule has 0 aliphatic carbocycles. The molecule has 0 aromatic heterocycles. The molecule has 2 aliphatic rings. The maximum atomic E-state index is 12.6. The number of amides is 1. The van der Waals surface area contributed by atoms with Crippen LogP contribution in [0.5, 0.6) is 5.75 Å². The number of para-hydroxylation sites is 2. The number of rotatable bonds is 9. The lowest BCUT2D eigenvalue weighted by Crippen LogP contribution is -2.36. The van der Waals surface area contributed by atoms with Crippen LogP contribution in [0.3, 0.4) is 0 Å². The van der Waals surface area contributed by atoms with Gasteiger partial charge in [0.2, 0.25) is 5.91 Å². The summed E-state index contributed by atoms with van der Waals surface area (Å²) >= 11 is 1.66. The number of hydrogen-bond donors (Lipinski definition) is 0. The first-order valence-corrected chi connectivity index (χ1v) is 11.9. The highest BCUT2D eigenvalue weighted by Gasteiger charge is 2.35. The van der Waals surface area contributed by atoms with Gasteiger partial charge >= 0.3 is 0 Å². The number of nitrogens with zero attached hydrogens (tertiary/aromatic N) is 2. The Kier molecular flexibility index (Phi) is 7.67. The average molecular weight is 427 g/mol. The smallest absolute Gasteiger partial charge is 0.238 e. The topological polar surface area (TPSA) is 42.0 Å². The quantitative estimate of drug-likeness (QED) is 0.558. The molecule has 6 heteroatoms. The van der Waals surface area contributed by atoms with Crippen LogP contribution >= 0.6 is 11.8 Å². The minimum atomic E-state index is -0.0441. The number of hydrogen-bond acceptors (Lipinski definition) is 5. The van der Waals surface area contributed by atoms with Crippen molar-refractivity contribution in [1.29, 1.82) is 0 Å². The van der Waals surface area contributed by atoms with Crippen LogP contribution in [0.15, 0.2) is 54.6 Å². The molecule has 2 aliphatic heterocycles. The number of thioether (sulfide) groups is 1. The fourth-order valence-corrected chi connectivity index (χ4v) is 5.16. The molecule has 0 spiro atoms. The maximum Gasteiger partial charge on any atom is 0.238 e. The van der Waals surface area contributed by atoms with Gasteiger partial charge < -0.3 is 9.47 Å². The van der Waals surface area contributed by atoms with Gasteiger partial charge in [0.25, 0.3) is 0 Å². The van der Waals surface area contributed by atoms with Crippen LogP contribution in [-0.4, -0.2) is 56.0 Å². The number of carbonyl (C=O) groups excluding carboxylic acids is 1. The number of benzene rings is 2. The van der Waals surface area contributed by atoms with Gasteiger partial charge in [0.05, 0.1) is 25.6 Å². The molecular weight excluding hydrogens is 396 g/mol. The van der Waals surface area contributed by atoms with E-state index in [1.54, 1.807) is 11.8 Å². The van der Waals surface area contributed by atoms with Crippen molar-refractivity contribution in [2.45, 2.75) is 24.6 Å². The number of anilines is 1. The van der Waals surface area contributed by atoms with Crippen molar-refractivity contribution in [2.24, 2.45) is 0 Å². The van der Waals surface area contributed by atoms with Crippen LogP contribution in [0.2, 0.25) is 0 Å². The van der Waals surface area contributed by atoms with Gasteiger partial charge in [-0.15, -0.1) is 11.8 Å². The van der Waals surface area contributed by atoms with E-state index in [4.69, 9.17) is 9.47 Å². The molecule has 0 saturated carbocycles. The third kappa shape index (κ3) is 5.36. The predicted octanol–water partition coefficient (Wildman–Crippen LogP) is 4.35. The molecule has 2 fully saturated rings. The molecule has 2 saturated heterocycles. The summed E-state index contributed by atoms with van der Waals surface area (Å²) in [5.41, 5.74) is 2.01. The van der Waals surface area contributed by atoms with Crippen molar-refractivity contribution in [3.63, 3.8) is 0 Å². The number of carbonyl (C=O) groups is 1. The van der Waals surface area contributed by atoms with Gasteiger partial charge in [-0.05, 0) is 44.0 Å². The predicted molar refractivity (Wildman–Crippen MR) is 122 cm³/mol. The first-order chi connectivity index (χ1) is 14.8. The molecule has 0 radical (unpaired) electrons. The standard InChI is InChI=1S/C24H30N2O3S/c27-23-19-30-24(26(23)20-9-3-1-4-10-20)21-11-5-6-12-22(21)29-16-8-2-7-13-25-14-17-28-18-15-25/h1,3-6,9-12,24H,2,7-8,13-19H2. The molecule has 1 unspecified atom stereocenters. The van der Waals surface area contributed by atoms with Crippen LogP contribution in [-0.2, 0) is 9.53 Å². The molecule has 1 atom stereocenters. The van der Waals surface area contributed by atoms with Gasteiger partial charge in [0.1, 0.15) is 11.1 Å². The molecule has 30 heavy (non-hydrogen) atoms. The fraction of sp³-hybridized carbons (Fsp3) is 0.458. The summed E-state index contributed by atoms with van der Waals surface area (Å²) in [6, 6.07) is 18.0. The van der Waals surface area contributed by atoms with E-state index in [0.29, 0.717) is 12.4 Å². The Bertz CT molecular complexity index is 811. The fourth-order valence-electron chi connectivity index (χ4n) is 3.96. The molecule has 0 bridgehead atoms. The first kappa shape index (κ1) is 21.2. The summed E-state index contributed by atoms with van der Waals surface area (Å²) in [5.74, 6) is 1.53. The summed E-state index contributed by atoms with van der Waals surface area (Å²) in [4.78, 5) is 17.0. The SMILES string of the molecule is O=C1CSC(c2ccccc2OCCCCCN2CCOCC2)N1c1ccccc1. The second-order valence-corrected chi connectivity index (χ2v) is 8.73. The van der Waals surface area contributed by atoms with Crippen molar-refractivity contribution in [3.8, 4) is 5.75 Å². The molecule has 1 amide bonds. The monoisotopic (exact) mass is 426 g/mol. The molecule has 160 valence electrons. The minimum absolute atomic E-state index is 0.0441. The van der Waals surface area contributed by atoms with E-state index in [1.165, 1.54) is 6.42 Å². The number of morpholine rings is 1. The zero-order valence-corrected chi connectivity index (χ0v) is 18.2. The Morgan fingerprint density at radius 2 is 1.73 bits per heavy atom. The highest BCUT2D eigenvalue weighted by molar-refractivity contribution is 8.00. The minimum Gasteiger partial charge on any atom is -0.493 e. The Hall–Kier alpha value is -2.02. The Morgan fingerprint density at radius 1 is 0.967 bits per heavy atom.